The number of benzene rings is 12. The predicted octanol–water partition coefficient (Wildman–Crippen LogP) is 21.1. The number of fused-ring (bicyclic) bond motifs is 21. The maximum absolute atomic E-state index is 5.38. The van der Waals surface area contributed by atoms with Crippen LogP contribution in [-0.4, -0.2) is 28.7 Å². The van der Waals surface area contributed by atoms with Crippen LogP contribution in [0.5, 0.6) is 0 Å². The van der Waals surface area contributed by atoms with E-state index in [2.05, 4.69) is 310 Å². The van der Waals surface area contributed by atoms with Gasteiger partial charge in [-0.3, -0.25) is 0 Å². The Bertz CT molecular complexity index is 5210. The molecule has 0 N–H and O–H groups in total. The highest BCUT2D eigenvalue weighted by Crippen LogP contribution is 2.57. The Balaban J connectivity index is 0.747. The molecule has 4 aromatic heterocycles. The van der Waals surface area contributed by atoms with Gasteiger partial charge in [0.25, 0.3) is 0 Å². The van der Waals surface area contributed by atoms with Crippen LogP contribution < -0.4 is 0 Å². The molecule has 0 radical (unpaired) electrons. The summed E-state index contributed by atoms with van der Waals surface area (Å²) in [6, 6.07) is 93.8. The molecule has 4 heterocycles. The molecular formula is C84H60N6. The molecule has 6 nitrogen and oxygen atoms in total. The SMILES string of the molecule is CC1(C)c2ccccc2-c2ccc3c(c21)c1ccccc1n3-c1ccc(-c2nc(-c3ccc(-n4c5ccccc5c5c6c(ccc54)-c4ccccc4C6(C)C)cc3)nc(-c3ccc(-n4c5ccccc5c5c6c(ccc54)-c4ccccc4C6(C)C)cc3)n2)cc1. The lowest BCUT2D eigenvalue weighted by molar-refractivity contribution is 0.666. The average Bonchev–Trinajstić information content (AvgIpc) is 1.56. The molecule has 0 fully saturated rings. The van der Waals surface area contributed by atoms with Gasteiger partial charge in [-0.25, -0.2) is 15.0 Å². The van der Waals surface area contributed by atoms with Crippen molar-refractivity contribution in [3.8, 4) is 84.6 Å². The first kappa shape index (κ1) is 51.1. The fourth-order valence-corrected chi connectivity index (χ4v) is 16.9. The van der Waals surface area contributed by atoms with Crippen molar-refractivity contribution in [3.63, 3.8) is 0 Å². The van der Waals surface area contributed by atoms with E-state index in [4.69, 9.17) is 15.0 Å². The lowest BCUT2D eigenvalue weighted by Crippen LogP contribution is -2.15. The van der Waals surface area contributed by atoms with Gasteiger partial charge < -0.3 is 13.7 Å². The molecule has 0 atom stereocenters. The number of hydrogen-bond donors (Lipinski definition) is 0. The van der Waals surface area contributed by atoms with E-state index in [1.165, 1.54) is 132 Å². The molecule has 90 heavy (non-hydrogen) atoms. The Hall–Kier alpha value is -11.0. The summed E-state index contributed by atoms with van der Waals surface area (Å²) in [4.78, 5) is 16.1. The Kier molecular flexibility index (Phi) is 10.3. The van der Waals surface area contributed by atoms with Crippen LogP contribution in [0.15, 0.2) is 255 Å². The van der Waals surface area contributed by atoms with Gasteiger partial charge in [0.2, 0.25) is 0 Å². The van der Waals surface area contributed by atoms with Gasteiger partial charge in [-0.15, -0.1) is 0 Å². The minimum atomic E-state index is -0.161. The van der Waals surface area contributed by atoms with Crippen LogP contribution in [0.3, 0.4) is 0 Å². The molecule has 3 aliphatic rings. The van der Waals surface area contributed by atoms with Crippen LogP contribution in [0.2, 0.25) is 0 Å². The van der Waals surface area contributed by atoms with E-state index in [1.807, 2.05) is 0 Å². The molecule has 12 aromatic carbocycles. The van der Waals surface area contributed by atoms with Gasteiger partial charge in [0.15, 0.2) is 17.5 Å². The maximum Gasteiger partial charge on any atom is 0.164 e. The molecule has 0 saturated carbocycles. The summed E-state index contributed by atoms with van der Waals surface area (Å²) >= 11 is 0. The van der Waals surface area contributed by atoms with E-state index >= 15 is 0 Å². The van der Waals surface area contributed by atoms with Crippen molar-refractivity contribution < 1.29 is 0 Å². The van der Waals surface area contributed by atoms with E-state index in [0.717, 1.165) is 33.8 Å². The molecule has 0 aliphatic heterocycles. The molecule has 19 rings (SSSR count). The van der Waals surface area contributed by atoms with Crippen molar-refractivity contribution in [2.45, 2.75) is 57.8 Å². The Labute approximate surface area is 521 Å². The monoisotopic (exact) mass is 1150 g/mol. The highest BCUT2D eigenvalue weighted by atomic mass is 15.0. The van der Waals surface area contributed by atoms with Gasteiger partial charge in [0.1, 0.15) is 0 Å². The van der Waals surface area contributed by atoms with Gasteiger partial charge in [-0.1, -0.05) is 187 Å². The van der Waals surface area contributed by atoms with E-state index in [-0.39, 0.29) is 16.2 Å². The number of aromatic nitrogens is 6. The van der Waals surface area contributed by atoms with Crippen LogP contribution in [0.25, 0.3) is 150 Å². The van der Waals surface area contributed by atoms with E-state index in [9.17, 15) is 0 Å². The largest absolute Gasteiger partial charge is 0.309 e. The van der Waals surface area contributed by atoms with Crippen molar-refractivity contribution in [1.82, 2.24) is 28.7 Å². The fourth-order valence-electron chi connectivity index (χ4n) is 16.9. The Morgan fingerprint density at radius 3 is 0.778 bits per heavy atom. The molecule has 426 valence electrons. The van der Waals surface area contributed by atoms with Gasteiger partial charge in [-0.05, 0) is 176 Å². The predicted molar refractivity (Wildman–Crippen MR) is 372 cm³/mol. The van der Waals surface area contributed by atoms with E-state index < -0.39 is 0 Å². The summed E-state index contributed by atoms with van der Waals surface area (Å²) in [5, 5.41) is 7.70. The molecule has 0 unspecified atom stereocenters. The molecule has 6 heteroatoms. The van der Waals surface area contributed by atoms with Crippen LogP contribution in [0.1, 0.15) is 74.9 Å². The number of rotatable bonds is 6. The van der Waals surface area contributed by atoms with Crippen molar-refractivity contribution >= 4 is 65.4 Å². The maximum atomic E-state index is 5.38. The topological polar surface area (TPSA) is 53.5 Å². The lowest BCUT2D eigenvalue weighted by atomic mass is 9.80. The van der Waals surface area contributed by atoms with Crippen LogP contribution in [-0.2, 0) is 16.2 Å². The number of nitrogens with zero attached hydrogens (tertiary/aromatic N) is 6. The molecule has 3 aliphatic carbocycles. The average molecular weight is 1150 g/mol. The van der Waals surface area contributed by atoms with Crippen molar-refractivity contribution in [2.24, 2.45) is 0 Å². The van der Waals surface area contributed by atoms with Crippen molar-refractivity contribution in [2.75, 3.05) is 0 Å². The normalized spacial score (nSPS) is 14.6. The molecule has 16 aromatic rings. The second-order valence-corrected chi connectivity index (χ2v) is 26.7. The molecule has 0 spiro atoms. The first-order valence-corrected chi connectivity index (χ1v) is 31.5. The van der Waals surface area contributed by atoms with Crippen molar-refractivity contribution in [3.05, 3.63) is 288 Å². The van der Waals surface area contributed by atoms with Crippen molar-refractivity contribution in [1.29, 1.82) is 0 Å². The smallest absolute Gasteiger partial charge is 0.164 e. The van der Waals surface area contributed by atoms with Gasteiger partial charge in [0.05, 0.1) is 33.1 Å². The lowest BCUT2D eigenvalue weighted by Gasteiger charge is -2.22. The van der Waals surface area contributed by atoms with Crippen LogP contribution in [0.4, 0.5) is 0 Å². The third-order valence-electron chi connectivity index (χ3n) is 20.8. The summed E-state index contributed by atoms with van der Waals surface area (Å²) in [5.74, 6) is 1.82. The van der Waals surface area contributed by atoms with E-state index in [1.54, 1.807) is 0 Å². The first-order chi connectivity index (χ1) is 43.9. The van der Waals surface area contributed by atoms with Gasteiger partial charge in [-0.2, -0.15) is 0 Å². The summed E-state index contributed by atoms with van der Waals surface area (Å²) in [6.45, 7) is 14.3. The first-order valence-electron chi connectivity index (χ1n) is 31.5. The minimum absolute atomic E-state index is 0.161. The van der Waals surface area contributed by atoms with Gasteiger partial charge in [0, 0.05) is 82.3 Å². The minimum Gasteiger partial charge on any atom is -0.309 e. The summed E-state index contributed by atoms with van der Waals surface area (Å²) in [7, 11) is 0. The van der Waals surface area contributed by atoms with Crippen LogP contribution in [0, 0.1) is 0 Å². The summed E-state index contributed by atoms with van der Waals surface area (Å²) in [5.41, 5.74) is 28.8. The zero-order chi connectivity index (χ0) is 60.1. The zero-order valence-corrected chi connectivity index (χ0v) is 50.9. The molecule has 0 saturated heterocycles. The fraction of sp³-hybridized carbons (Fsp3) is 0.107. The second-order valence-electron chi connectivity index (χ2n) is 26.7. The standard InChI is InChI=1S/C84H60N6/c1-82(2)64-25-13-7-19-55(64)58-43-46-70-73(76(58)82)61-22-10-16-28-67(61)88(70)52-37-31-49(32-38-52)79-85-80(50-33-39-53(40-34-50)89-68-29-17-11-23-62(68)74-71(89)47-44-59-56-20-8-14-26-65(56)83(3,4)77(59)74)87-81(86-79)51-35-41-54(42-36-51)90-69-30-18-12-24-63(69)75-72(90)48-45-60-57-21-9-15-27-66(57)84(5,6)78(60)75/h7-48H,1-6H3. The van der Waals surface area contributed by atoms with E-state index in [0.29, 0.717) is 17.5 Å². The highest BCUT2D eigenvalue weighted by molar-refractivity contribution is 6.17. The number of para-hydroxylation sites is 3. The zero-order valence-electron chi connectivity index (χ0n) is 50.9. The quantitative estimate of drug-likeness (QED) is 0.167. The third kappa shape index (κ3) is 6.80. The van der Waals surface area contributed by atoms with Gasteiger partial charge >= 0.3 is 0 Å². The third-order valence-corrected chi connectivity index (χ3v) is 20.8. The Morgan fingerprint density at radius 2 is 0.489 bits per heavy atom. The Morgan fingerprint density at radius 1 is 0.233 bits per heavy atom. The highest BCUT2D eigenvalue weighted by Gasteiger charge is 2.41. The second kappa shape index (κ2) is 18.1. The molecule has 0 amide bonds. The molecular weight excluding hydrogens is 1090 g/mol. The molecule has 0 bridgehead atoms. The number of hydrogen-bond acceptors (Lipinski definition) is 3. The van der Waals surface area contributed by atoms with Crippen LogP contribution >= 0.6 is 0 Å². The summed E-state index contributed by atoms with van der Waals surface area (Å²) in [6.07, 6.45) is 0. The summed E-state index contributed by atoms with van der Waals surface area (Å²) < 4.78 is 7.28.